The van der Waals surface area contributed by atoms with Crippen LogP contribution in [0.3, 0.4) is 0 Å². The highest BCUT2D eigenvalue weighted by molar-refractivity contribution is 7.16. The second-order valence-corrected chi connectivity index (χ2v) is 9.02. The lowest BCUT2D eigenvalue weighted by Crippen LogP contribution is -2.40. The van der Waals surface area contributed by atoms with Crippen LogP contribution in [-0.4, -0.2) is 47.8 Å². The quantitative estimate of drug-likeness (QED) is 0.557. The van der Waals surface area contributed by atoms with Crippen molar-refractivity contribution in [2.45, 2.75) is 76.5 Å². The number of anilines is 1. The molecule has 0 bridgehead atoms. The van der Waals surface area contributed by atoms with Crippen molar-refractivity contribution in [1.82, 2.24) is 10.2 Å². The van der Waals surface area contributed by atoms with Crippen molar-refractivity contribution < 1.29 is 9.90 Å². The summed E-state index contributed by atoms with van der Waals surface area (Å²) in [4.78, 5) is 16.8. The van der Waals surface area contributed by atoms with Crippen molar-refractivity contribution in [1.29, 1.82) is 0 Å². The van der Waals surface area contributed by atoms with Gasteiger partial charge in [-0.25, -0.2) is 0 Å². The summed E-state index contributed by atoms with van der Waals surface area (Å²) < 4.78 is 0. The molecule has 144 valence electrons. The van der Waals surface area contributed by atoms with Crippen molar-refractivity contribution >= 4 is 22.2 Å². The van der Waals surface area contributed by atoms with E-state index < -0.39 is 6.23 Å². The van der Waals surface area contributed by atoms with Gasteiger partial charge in [0.15, 0.2) is 0 Å². The number of hydrogen-bond acceptors (Lipinski definition) is 5. The molecular formula is C20H31N3O2S. The Hall–Kier alpha value is -1.11. The van der Waals surface area contributed by atoms with Gasteiger partial charge in [-0.2, -0.15) is 0 Å². The fraction of sp³-hybridized carbons (Fsp3) is 0.750. The molecule has 6 heteroatoms. The first kappa shape index (κ1) is 18.3. The summed E-state index contributed by atoms with van der Waals surface area (Å²) in [5.74, 6) is 0.179. The minimum Gasteiger partial charge on any atom is -0.372 e. The molecule has 0 radical (unpaired) electrons. The van der Waals surface area contributed by atoms with Crippen LogP contribution >= 0.6 is 11.3 Å². The number of nitrogens with one attached hydrogen (secondary N) is 2. The molecule has 4 rings (SSSR count). The topological polar surface area (TPSA) is 64.6 Å². The molecule has 0 spiro atoms. The molecule has 2 atom stereocenters. The third-order valence-corrected chi connectivity index (χ3v) is 7.26. The Balaban J connectivity index is 1.62. The van der Waals surface area contributed by atoms with Crippen molar-refractivity contribution in [2.24, 2.45) is 0 Å². The molecule has 1 aromatic heterocycles. The normalized spacial score (nSPS) is 24.8. The second-order valence-electron chi connectivity index (χ2n) is 7.91. The van der Waals surface area contributed by atoms with Crippen molar-refractivity contribution in [3.05, 3.63) is 16.0 Å². The Bertz CT molecular complexity index is 633. The number of rotatable bonds is 4. The first-order valence-electron chi connectivity index (χ1n) is 10.4. The van der Waals surface area contributed by atoms with Crippen LogP contribution in [0.2, 0.25) is 0 Å². The lowest BCUT2D eigenvalue weighted by Gasteiger charge is -2.28. The Morgan fingerprint density at radius 1 is 1.12 bits per heavy atom. The summed E-state index contributed by atoms with van der Waals surface area (Å²) in [5.41, 5.74) is 2.13. The van der Waals surface area contributed by atoms with Gasteiger partial charge in [-0.15, -0.1) is 11.3 Å². The van der Waals surface area contributed by atoms with Gasteiger partial charge in [-0.3, -0.25) is 4.79 Å². The molecule has 3 aliphatic rings. The summed E-state index contributed by atoms with van der Waals surface area (Å²) in [6.07, 6.45) is 10.6. The van der Waals surface area contributed by atoms with Gasteiger partial charge < -0.3 is 20.6 Å². The molecule has 1 unspecified atom stereocenters. The van der Waals surface area contributed by atoms with Crippen molar-refractivity contribution in [2.75, 3.05) is 25.0 Å². The summed E-state index contributed by atoms with van der Waals surface area (Å²) >= 11 is 1.71. The SMILES string of the molecule is O=C(c1c(NC(O)[C@@H]2CCCN2)sc2c1CCCCC2)N1CCCCC1. The maximum Gasteiger partial charge on any atom is 0.257 e. The van der Waals surface area contributed by atoms with Crippen LogP contribution in [0.25, 0.3) is 0 Å². The zero-order valence-electron chi connectivity index (χ0n) is 15.6. The van der Waals surface area contributed by atoms with E-state index in [1.165, 1.54) is 29.7 Å². The highest BCUT2D eigenvalue weighted by atomic mass is 32.1. The number of carbonyl (C=O) groups is 1. The van der Waals surface area contributed by atoms with Crippen LogP contribution in [0.15, 0.2) is 0 Å². The lowest BCUT2D eigenvalue weighted by molar-refractivity contribution is 0.0724. The van der Waals surface area contributed by atoms with Crippen LogP contribution in [0.1, 0.15) is 72.2 Å². The van der Waals surface area contributed by atoms with E-state index >= 15 is 0 Å². The summed E-state index contributed by atoms with van der Waals surface area (Å²) in [6.45, 7) is 2.70. The number of thiophene rings is 1. The largest absolute Gasteiger partial charge is 0.372 e. The van der Waals surface area contributed by atoms with Gasteiger partial charge in [0.05, 0.1) is 11.6 Å². The van der Waals surface area contributed by atoms with Crippen LogP contribution in [0.5, 0.6) is 0 Å². The fourth-order valence-electron chi connectivity index (χ4n) is 4.54. The molecule has 2 fully saturated rings. The van der Waals surface area contributed by atoms with E-state index in [0.717, 1.165) is 75.1 Å². The zero-order valence-corrected chi connectivity index (χ0v) is 16.4. The molecule has 2 aliphatic heterocycles. The van der Waals surface area contributed by atoms with Gasteiger partial charge in [0.1, 0.15) is 11.2 Å². The van der Waals surface area contributed by atoms with E-state index in [0.29, 0.717) is 0 Å². The molecular weight excluding hydrogens is 346 g/mol. The first-order valence-corrected chi connectivity index (χ1v) is 11.2. The molecule has 0 saturated carbocycles. The number of hydrogen-bond donors (Lipinski definition) is 3. The minimum atomic E-state index is -0.632. The zero-order chi connectivity index (χ0) is 17.9. The van der Waals surface area contributed by atoms with Crippen LogP contribution < -0.4 is 10.6 Å². The second kappa shape index (κ2) is 8.28. The Morgan fingerprint density at radius 3 is 2.65 bits per heavy atom. The molecule has 26 heavy (non-hydrogen) atoms. The number of aliphatic hydroxyl groups excluding tert-OH is 1. The molecule has 1 aromatic rings. The molecule has 3 heterocycles. The summed E-state index contributed by atoms with van der Waals surface area (Å²) in [7, 11) is 0. The number of piperidine rings is 1. The number of carbonyl (C=O) groups excluding carboxylic acids is 1. The van der Waals surface area contributed by atoms with Gasteiger partial charge in [-0.1, -0.05) is 6.42 Å². The van der Waals surface area contributed by atoms with E-state index in [9.17, 15) is 9.90 Å². The number of likely N-dealkylation sites (tertiary alicyclic amines) is 1. The van der Waals surface area contributed by atoms with Crippen LogP contribution in [0.4, 0.5) is 5.00 Å². The predicted octanol–water partition coefficient (Wildman–Crippen LogP) is 3.13. The average molecular weight is 378 g/mol. The van der Waals surface area contributed by atoms with Crippen molar-refractivity contribution in [3.63, 3.8) is 0 Å². The maximum absolute atomic E-state index is 13.4. The van der Waals surface area contributed by atoms with Gasteiger partial charge in [0.25, 0.3) is 5.91 Å². The highest BCUT2D eigenvalue weighted by Gasteiger charge is 2.31. The fourth-order valence-corrected chi connectivity index (χ4v) is 5.85. The van der Waals surface area contributed by atoms with E-state index in [-0.39, 0.29) is 11.9 Å². The van der Waals surface area contributed by atoms with Gasteiger partial charge >= 0.3 is 0 Å². The Morgan fingerprint density at radius 2 is 1.88 bits per heavy atom. The highest BCUT2D eigenvalue weighted by Crippen LogP contribution is 2.39. The van der Waals surface area contributed by atoms with Crippen LogP contribution in [-0.2, 0) is 12.8 Å². The molecule has 2 saturated heterocycles. The predicted molar refractivity (Wildman–Crippen MR) is 106 cm³/mol. The maximum atomic E-state index is 13.4. The van der Waals surface area contributed by atoms with Crippen LogP contribution in [0, 0.1) is 0 Å². The molecule has 5 nitrogen and oxygen atoms in total. The van der Waals surface area contributed by atoms with E-state index in [2.05, 4.69) is 10.6 Å². The number of amides is 1. The van der Waals surface area contributed by atoms with E-state index in [1.807, 2.05) is 4.90 Å². The Labute approximate surface area is 160 Å². The number of fused-ring (bicyclic) bond motifs is 1. The first-order chi connectivity index (χ1) is 12.7. The minimum absolute atomic E-state index is 0.0786. The monoisotopic (exact) mass is 377 g/mol. The summed E-state index contributed by atoms with van der Waals surface area (Å²) in [5, 5.41) is 18.2. The van der Waals surface area contributed by atoms with E-state index in [1.54, 1.807) is 11.3 Å². The molecule has 1 amide bonds. The van der Waals surface area contributed by atoms with Gasteiger partial charge in [0, 0.05) is 18.0 Å². The summed E-state index contributed by atoms with van der Waals surface area (Å²) in [6, 6.07) is 0.0786. The smallest absolute Gasteiger partial charge is 0.257 e. The molecule has 3 N–H and O–H groups in total. The third kappa shape index (κ3) is 3.78. The third-order valence-electron chi connectivity index (χ3n) is 6.04. The Kier molecular flexibility index (Phi) is 5.81. The van der Waals surface area contributed by atoms with Gasteiger partial charge in [-0.05, 0) is 69.9 Å². The molecule has 0 aromatic carbocycles. The number of aliphatic hydroxyl groups is 1. The van der Waals surface area contributed by atoms with Crippen molar-refractivity contribution in [3.8, 4) is 0 Å². The lowest BCUT2D eigenvalue weighted by atomic mass is 10.0. The van der Waals surface area contributed by atoms with E-state index in [4.69, 9.17) is 0 Å². The number of aryl methyl sites for hydroxylation is 1. The molecule has 1 aliphatic carbocycles. The average Bonchev–Trinajstić information content (AvgIpc) is 3.25. The number of nitrogens with zero attached hydrogens (tertiary/aromatic N) is 1. The standard InChI is InChI=1S/C20H31N3O2S/c24-18(15-9-7-11-21-15)22-19-17(20(25)23-12-5-2-6-13-23)14-8-3-1-4-10-16(14)26-19/h15,18,21-22,24H,1-13H2/t15-,18?/m0/s1. The van der Waals surface area contributed by atoms with Gasteiger partial charge in [0.2, 0.25) is 0 Å².